The molecule has 1 amide bonds. The molecule has 0 bridgehead atoms. The quantitative estimate of drug-likeness (QED) is 0.631. The molecule has 1 heterocycles. The van der Waals surface area contributed by atoms with Crippen molar-refractivity contribution in [3.63, 3.8) is 0 Å². The van der Waals surface area contributed by atoms with Gasteiger partial charge in [-0.05, 0) is 36.3 Å². The molecule has 2 aromatic rings. The number of aromatic hydroxyl groups is 1. The van der Waals surface area contributed by atoms with E-state index in [1.807, 2.05) is 30.3 Å². The molecule has 1 fully saturated rings. The summed E-state index contributed by atoms with van der Waals surface area (Å²) in [6, 6.07) is 14.7. The average molecular weight is 376 g/mol. The Morgan fingerprint density at radius 3 is 2.71 bits per heavy atom. The van der Waals surface area contributed by atoms with Crippen molar-refractivity contribution in [2.75, 3.05) is 6.54 Å². The molecule has 0 atom stereocenters. The van der Waals surface area contributed by atoms with Crippen LogP contribution in [0.1, 0.15) is 11.1 Å². The number of thiocarbonyl (C=S) groups is 1. The van der Waals surface area contributed by atoms with E-state index in [2.05, 4.69) is 0 Å². The van der Waals surface area contributed by atoms with Crippen LogP contribution in [0.2, 0.25) is 5.02 Å². The molecule has 3 rings (SSSR count). The highest BCUT2D eigenvalue weighted by Gasteiger charge is 2.31. The van der Waals surface area contributed by atoms with Gasteiger partial charge in [-0.3, -0.25) is 9.69 Å². The van der Waals surface area contributed by atoms with Crippen LogP contribution in [0.25, 0.3) is 6.08 Å². The van der Waals surface area contributed by atoms with Crippen molar-refractivity contribution < 1.29 is 9.90 Å². The molecule has 0 aromatic heterocycles. The molecule has 6 heteroatoms. The Morgan fingerprint density at radius 2 is 1.96 bits per heavy atom. The van der Waals surface area contributed by atoms with Gasteiger partial charge in [0, 0.05) is 17.1 Å². The van der Waals surface area contributed by atoms with Gasteiger partial charge in [0.05, 0.1) is 4.91 Å². The van der Waals surface area contributed by atoms with Gasteiger partial charge in [-0.25, -0.2) is 0 Å². The van der Waals surface area contributed by atoms with Crippen LogP contribution >= 0.6 is 35.6 Å². The number of nitrogens with zero attached hydrogens (tertiary/aromatic N) is 1. The molecule has 0 saturated carbocycles. The Kier molecular flexibility index (Phi) is 5.23. The molecular weight excluding hydrogens is 362 g/mol. The summed E-state index contributed by atoms with van der Waals surface area (Å²) in [6.45, 7) is 0.535. The monoisotopic (exact) mass is 375 g/mol. The lowest BCUT2D eigenvalue weighted by Crippen LogP contribution is -2.30. The fraction of sp³-hybridized carbons (Fsp3) is 0.111. The molecule has 0 spiro atoms. The Labute approximate surface area is 154 Å². The van der Waals surface area contributed by atoms with Crippen molar-refractivity contribution in [3.8, 4) is 5.75 Å². The molecule has 1 aliphatic rings. The number of amides is 1. The summed E-state index contributed by atoms with van der Waals surface area (Å²) in [5, 5.41) is 10.4. The molecule has 2 aromatic carbocycles. The number of carbonyl (C=O) groups excluding carboxylic acids is 1. The summed E-state index contributed by atoms with van der Waals surface area (Å²) in [5.74, 6) is -0.0609. The van der Waals surface area contributed by atoms with Crippen LogP contribution in [0.3, 0.4) is 0 Å². The van der Waals surface area contributed by atoms with E-state index in [1.54, 1.807) is 23.1 Å². The van der Waals surface area contributed by atoms with Crippen LogP contribution in [0.5, 0.6) is 5.75 Å². The van der Waals surface area contributed by atoms with E-state index in [-0.39, 0.29) is 11.7 Å². The van der Waals surface area contributed by atoms with E-state index in [1.165, 1.54) is 17.8 Å². The Balaban J connectivity index is 1.76. The number of phenolic OH excluding ortho intramolecular Hbond substituents is 1. The summed E-state index contributed by atoms with van der Waals surface area (Å²) in [6.07, 6.45) is 2.37. The predicted octanol–water partition coefficient (Wildman–Crippen LogP) is 4.49. The highest BCUT2D eigenvalue weighted by Crippen LogP contribution is 2.34. The summed E-state index contributed by atoms with van der Waals surface area (Å²) in [4.78, 5) is 14.7. The molecule has 0 unspecified atom stereocenters. The second-order valence-electron chi connectivity index (χ2n) is 5.27. The van der Waals surface area contributed by atoms with Crippen LogP contribution in [0.15, 0.2) is 53.4 Å². The number of thioether (sulfide) groups is 1. The second kappa shape index (κ2) is 7.38. The molecule has 1 saturated heterocycles. The third kappa shape index (κ3) is 3.80. The van der Waals surface area contributed by atoms with Gasteiger partial charge in [-0.15, -0.1) is 0 Å². The Bertz CT molecular complexity index is 821. The zero-order valence-corrected chi connectivity index (χ0v) is 15.0. The van der Waals surface area contributed by atoms with Gasteiger partial charge >= 0.3 is 0 Å². The average Bonchev–Trinajstić information content (AvgIpc) is 2.84. The number of phenols is 1. The third-order valence-electron chi connectivity index (χ3n) is 3.62. The Hall–Kier alpha value is -1.82. The lowest BCUT2D eigenvalue weighted by atomic mass is 10.1. The summed E-state index contributed by atoms with van der Waals surface area (Å²) in [5.41, 5.74) is 1.66. The topological polar surface area (TPSA) is 40.5 Å². The smallest absolute Gasteiger partial charge is 0.266 e. The van der Waals surface area contributed by atoms with Crippen molar-refractivity contribution >= 4 is 51.9 Å². The van der Waals surface area contributed by atoms with Gasteiger partial charge in [0.1, 0.15) is 10.1 Å². The van der Waals surface area contributed by atoms with Gasteiger partial charge in [0.2, 0.25) is 0 Å². The maximum Gasteiger partial charge on any atom is 0.266 e. The lowest BCUT2D eigenvalue weighted by Gasteiger charge is -2.14. The van der Waals surface area contributed by atoms with Crippen molar-refractivity contribution in [2.45, 2.75) is 6.42 Å². The fourth-order valence-corrected chi connectivity index (χ4v) is 3.84. The van der Waals surface area contributed by atoms with E-state index < -0.39 is 0 Å². The van der Waals surface area contributed by atoms with Crippen LogP contribution in [0, 0.1) is 0 Å². The summed E-state index contributed by atoms with van der Waals surface area (Å²) < 4.78 is 0.531. The number of benzene rings is 2. The minimum atomic E-state index is -0.139. The first-order valence-corrected chi connectivity index (χ1v) is 8.92. The molecule has 0 aliphatic carbocycles. The van der Waals surface area contributed by atoms with E-state index in [0.29, 0.717) is 26.4 Å². The standard InChI is InChI=1S/C18H14ClNO2S2/c19-14-6-7-15(21)13(10-14)11-16-17(22)20(18(23)24-16)9-8-12-4-2-1-3-5-12/h1-7,10-11,21H,8-9H2. The molecule has 122 valence electrons. The van der Waals surface area contributed by atoms with E-state index in [9.17, 15) is 9.90 Å². The zero-order valence-electron chi connectivity index (χ0n) is 12.6. The minimum absolute atomic E-state index is 0.0777. The van der Waals surface area contributed by atoms with Crippen molar-refractivity contribution in [3.05, 3.63) is 69.6 Å². The molecule has 0 radical (unpaired) electrons. The number of hydrogen-bond acceptors (Lipinski definition) is 4. The van der Waals surface area contributed by atoms with Gasteiger partial charge in [-0.2, -0.15) is 0 Å². The van der Waals surface area contributed by atoms with E-state index in [4.69, 9.17) is 23.8 Å². The summed E-state index contributed by atoms with van der Waals surface area (Å²) in [7, 11) is 0. The van der Waals surface area contributed by atoms with Gasteiger partial charge in [-0.1, -0.05) is 65.9 Å². The first-order valence-electron chi connectivity index (χ1n) is 7.32. The third-order valence-corrected chi connectivity index (χ3v) is 5.23. The normalized spacial score (nSPS) is 16.2. The lowest BCUT2D eigenvalue weighted by molar-refractivity contribution is -0.122. The van der Waals surface area contributed by atoms with Crippen LogP contribution in [-0.4, -0.2) is 26.8 Å². The number of halogens is 1. The molecular formula is C18H14ClNO2S2. The maximum atomic E-state index is 12.6. The predicted molar refractivity (Wildman–Crippen MR) is 103 cm³/mol. The minimum Gasteiger partial charge on any atom is -0.507 e. The Morgan fingerprint density at radius 1 is 1.21 bits per heavy atom. The zero-order chi connectivity index (χ0) is 17.1. The first kappa shape index (κ1) is 17.0. The number of rotatable bonds is 4. The summed E-state index contributed by atoms with van der Waals surface area (Å²) >= 11 is 12.5. The maximum absolute atomic E-state index is 12.6. The largest absolute Gasteiger partial charge is 0.507 e. The SMILES string of the molecule is O=C1C(=Cc2cc(Cl)ccc2O)SC(=S)N1CCc1ccccc1. The van der Waals surface area contributed by atoms with Gasteiger partial charge in [0.15, 0.2) is 0 Å². The molecule has 24 heavy (non-hydrogen) atoms. The molecule has 1 N–H and O–H groups in total. The van der Waals surface area contributed by atoms with Crippen molar-refractivity contribution in [1.29, 1.82) is 0 Å². The highest BCUT2D eigenvalue weighted by atomic mass is 35.5. The van der Waals surface area contributed by atoms with Crippen LogP contribution in [-0.2, 0) is 11.2 Å². The first-order chi connectivity index (χ1) is 11.5. The fourth-order valence-electron chi connectivity index (χ4n) is 2.36. The highest BCUT2D eigenvalue weighted by molar-refractivity contribution is 8.26. The van der Waals surface area contributed by atoms with E-state index in [0.717, 1.165) is 12.0 Å². The van der Waals surface area contributed by atoms with Crippen molar-refractivity contribution in [2.24, 2.45) is 0 Å². The van der Waals surface area contributed by atoms with Crippen LogP contribution < -0.4 is 0 Å². The molecule has 3 nitrogen and oxygen atoms in total. The van der Waals surface area contributed by atoms with E-state index >= 15 is 0 Å². The second-order valence-corrected chi connectivity index (χ2v) is 7.38. The van der Waals surface area contributed by atoms with Gasteiger partial charge in [0.25, 0.3) is 5.91 Å². The van der Waals surface area contributed by atoms with Crippen LogP contribution in [0.4, 0.5) is 0 Å². The van der Waals surface area contributed by atoms with Crippen molar-refractivity contribution in [1.82, 2.24) is 4.90 Å². The number of hydrogen-bond donors (Lipinski definition) is 1. The van der Waals surface area contributed by atoms with Gasteiger partial charge < -0.3 is 5.11 Å². The number of carbonyl (C=O) groups is 1. The molecule has 1 aliphatic heterocycles.